The normalized spacial score (nSPS) is 24.3. The number of Topliss-reactive ketones (excluding diaryl/α,β-unsaturated/α-hetero) is 4. The lowest BCUT2D eigenvalue weighted by Crippen LogP contribution is -2.59. The topological polar surface area (TPSA) is 324 Å². The zero-order valence-electron chi connectivity index (χ0n) is 56.9. The molecule has 4 aliphatic carbocycles. The SMILES string of the molecule is C=C[C@@H]1C[C@]1(NC(=O)[C@@H]1C[C@@H](Oc2cc(C(=O)C=[N+]=[N-])nc3cc(C)ccc23)CN1C(=O)[C@@H](NC(=O)OC1CCCC1)C(C)(C)C)C(C)=O.C=C[C@@H]1C[C@]1(NC(=O)[C@@H]1C[C@@H](Oc2cc(C(=O)CBr)nc3cc(C)ccc23)CN1C(=O)[C@@H](NC(=O)OC1CCCC1)C(C)(C)C)C(C)=O. The Bertz CT molecular complexity index is 3860. The highest BCUT2D eigenvalue weighted by Crippen LogP contribution is 2.47. The summed E-state index contributed by atoms with van der Waals surface area (Å²) in [6, 6.07) is 10.0. The fraction of sp³-hybridized carbons (Fsp3) is 0.542. The molecule has 2 aromatic carbocycles. The molecule has 0 radical (unpaired) electrons. The molecule has 2 aromatic heterocycles. The van der Waals surface area contributed by atoms with E-state index in [-0.39, 0.29) is 89.8 Å². The summed E-state index contributed by atoms with van der Waals surface area (Å²) in [5.74, 6) is -2.97. The number of hydrogen-bond donors (Lipinski definition) is 4. The van der Waals surface area contributed by atoms with E-state index >= 15 is 0 Å². The molecule has 6 aliphatic rings. The summed E-state index contributed by atoms with van der Waals surface area (Å²) in [6.07, 6.45) is 8.90. The zero-order chi connectivity index (χ0) is 70.6. The van der Waals surface area contributed by atoms with Crippen molar-refractivity contribution in [3.8, 4) is 11.5 Å². The van der Waals surface area contributed by atoms with Crippen molar-refractivity contribution in [2.75, 3.05) is 18.4 Å². The van der Waals surface area contributed by atoms with Gasteiger partial charge in [0.2, 0.25) is 23.6 Å². The number of amides is 6. The van der Waals surface area contributed by atoms with Crippen LogP contribution in [0.1, 0.15) is 165 Å². The Morgan fingerprint density at radius 2 is 1.02 bits per heavy atom. The summed E-state index contributed by atoms with van der Waals surface area (Å²) in [4.78, 5) is 148. The number of aromatic nitrogens is 2. The number of alkyl carbamates (subject to hydrolysis) is 2. The molecule has 2 aliphatic heterocycles. The van der Waals surface area contributed by atoms with Crippen LogP contribution >= 0.6 is 15.9 Å². The Balaban J connectivity index is 0.000000227. The summed E-state index contributed by atoms with van der Waals surface area (Å²) in [5.41, 5.74) is 8.41. The Kier molecular flexibility index (Phi) is 22.1. The van der Waals surface area contributed by atoms with Crippen LogP contribution in [0.4, 0.5) is 9.59 Å². The van der Waals surface area contributed by atoms with Gasteiger partial charge in [-0.2, -0.15) is 4.79 Å². The second kappa shape index (κ2) is 29.6. The number of alkyl halides is 1. The molecule has 0 spiro atoms. The third-order valence-electron chi connectivity index (χ3n) is 19.4. The molecule has 518 valence electrons. The average molecular weight is 1400 g/mol. The van der Waals surface area contributed by atoms with E-state index in [9.17, 15) is 47.9 Å². The number of aryl methyl sites for hydroxylation is 2. The molecule has 4 heterocycles. The molecular formula is C72H89BrN10O14. The zero-order valence-corrected chi connectivity index (χ0v) is 58.5. The van der Waals surface area contributed by atoms with Crippen molar-refractivity contribution in [2.24, 2.45) is 22.7 Å². The Hall–Kier alpha value is -8.70. The number of nitrogens with zero attached hydrogens (tertiary/aromatic N) is 6. The van der Waals surface area contributed by atoms with Crippen LogP contribution in [0, 0.1) is 36.5 Å². The van der Waals surface area contributed by atoms with Gasteiger partial charge < -0.3 is 55.5 Å². The van der Waals surface area contributed by atoms with Gasteiger partial charge in [-0.25, -0.2) is 19.6 Å². The van der Waals surface area contributed by atoms with Crippen molar-refractivity contribution in [3.63, 3.8) is 0 Å². The summed E-state index contributed by atoms with van der Waals surface area (Å²) in [7, 11) is 0. The van der Waals surface area contributed by atoms with Crippen LogP contribution in [0.3, 0.4) is 0 Å². The molecule has 6 fully saturated rings. The number of nitrogens with one attached hydrogen (secondary N) is 4. The molecule has 10 rings (SSSR count). The lowest BCUT2D eigenvalue weighted by Gasteiger charge is -2.35. The second-order valence-electron chi connectivity index (χ2n) is 28.8. The molecule has 10 atom stereocenters. The molecule has 25 heteroatoms. The number of carbonyl (C=O) groups is 10. The molecule has 4 saturated carbocycles. The molecule has 24 nitrogen and oxygen atoms in total. The molecule has 0 unspecified atom stereocenters. The number of carbonyl (C=O) groups excluding carboxylic acids is 10. The van der Waals surface area contributed by atoms with Gasteiger partial charge in [0.05, 0.1) is 29.5 Å². The second-order valence-corrected chi connectivity index (χ2v) is 29.4. The number of fused-ring (bicyclic) bond motifs is 2. The smallest absolute Gasteiger partial charge is 0.408 e. The highest BCUT2D eigenvalue weighted by Gasteiger charge is 2.60. The number of benzene rings is 2. The van der Waals surface area contributed by atoms with Crippen LogP contribution in [0.2, 0.25) is 0 Å². The van der Waals surface area contributed by atoms with Crippen LogP contribution in [-0.4, -0.2) is 168 Å². The minimum absolute atomic E-state index is 0.0171. The first-order valence-electron chi connectivity index (χ1n) is 33.3. The maximum Gasteiger partial charge on any atom is 0.408 e. The first-order chi connectivity index (χ1) is 45.8. The van der Waals surface area contributed by atoms with E-state index in [0.717, 1.165) is 68.7 Å². The maximum absolute atomic E-state index is 14.4. The van der Waals surface area contributed by atoms with Crippen molar-refractivity contribution in [3.05, 3.63) is 102 Å². The van der Waals surface area contributed by atoms with Crippen LogP contribution in [-0.2, 0) is 38.2 Å². The number of hydrogen-bond acceptors (Lipinski definition) is 16. The van der Waals surface area contributed by atoms with Crippen molar-refractivity contribution in [2.45, 2.75) is 206 Å². The minimum Gasteiger partial charge on any atom is -0.488 e. The fourth-order valence-corrected chi connectivity index (χ4v) is 13.9. The number of pyridine rings is 2. The van der Waals surface area contributed by atoms with Crippen molar-refractivity contribution >= 4 is 103 Å². The third-order valence-corrected chi connectivity index (χ3v) is 19.9. The summed E-state index contributed by atoms with van der Waals surface area (Å²) < 4.78 is 24.2. The predicted octanol–water partition coefficient (Wildman–Crippen LogP) is 9.31. The monoisotopic (exact) mass is 1400 g/mol. The molecular weight excluding hydrogens is 1310 g/mol. The Labute approximate surface area is 573 Å². The van der Waals surface area contributed by atoms with E-state index < -0.39 is 99.9 Å². The molecule has 4 N–H and O–H groups in total. The highest BCUT2D eigenvalue weighted by atomic mass is 79.9. The van der Waals surface area contributed by atoms with E-state index in [4.69, 9.17) is 24.5 Å². The third kappa shape index (κ3) is 16.5. The van der Waals surface area contributed by atoms with E-state index in [0.29, 0.717) is 40.4 Å². The first-order valence-corrected chi connectivity index (χ1v) is 34.4. The van der Waals surface area contributed by atoms with E-state index in [2.05, 4.69) is 65.1 Å². The number of rotatable bonds is 22. The lowest BCUT2D eigenvalue weighted by molar-refractivity contribution is -0.143. The van der Waals surface area contributed by atoms with Gasteiger partial charge >= 0.3 is 18.4 Å². The van der Waals surface area contributed by atoms with Gasteiger partial charge in [0, 0.05) is 47.6 Å². The summed E-state index contributed by atoms with van der Waals surface area (Å²) >= 11 is 3.22. The highest BCUT2D eigenvalue weighted by molar-refractivity contribution is 9.09. The van der Waals surface area contributed by atoms with Gasteiger partial charge in [0.1, 0.15) is 82.5 Å². The van der Waals surface area contributed by atoms with Gasteiger partial charge in [-0.1, -0.05) is 81.8 Å². The largest absolute Gasteiger partial charge is 0.488 e. The van der Waals surface area contributed by atoms with E-state index in [1.165, 1.54) is 29.7 Å². The lowest BCUT2D eigenvalue weighted by atomic mass is 9.85. The number of likely N-dealkylation sites (tertiary alicyclic amines) is 2. The van der Waals surface area contributed by atoms with Gasteiger partial charge in [-0.05, 0) is 138 Å². The molecule has 97 heavy (non-hydrogen) atoms. The van der Waals surface area contributed by atoms with Crippen LogP contribution in [0.15, 0.2) is 73.8 Å². The number of ketones is 4. The maximum atomic E-state index is 14.4. The van der Waals surface area contributed by atoms with Gasteiger partial charge in [-0.15, -0.1) is 13.2 Å². The molecule has 6 amide bonds. The number of halogens is 1. The molecule has 0 bridgehead atoms. The Morgan fingerprint density at radius 3 is 1.37 bits per heavy atom. The van der Waals surface area contributed by atoms with Crippen molar-refractivity contribution < 1.29 is 71.7 Å². The summed E-state index contributed by atoms with van der Waals surface area (Å²) in [5, 5.41) is 12.8. The Morgan fingerprint density at radius 1 is 0.629 bits per heavy atom. The van der Waals surface area contributed by atoms with Crippen LogP contribution in [0.25, 0.3) is 27.3 Å². The fourth-order valence-electron chi connectivity index (χ4n) is 13.6. The standard InChI is InChI=1S/C36H45BrN4O7.C36H44N6O7/c1-7-22-17-36(22,21(3)42)40-32(44)28-15-24(47-30-16-27(29(43)18-37)38-26-14-20(2)12-13-25(26)30)19-41(28)33(45)31(35(4,5)6)39-34(46)48-23-10-8-9-11-23;1-7-22-17-36(22,21(3)43)41-32(45)28-15-24(48-30-16-27(29(44)18-38-37)39-26-14-20(2)12-13-25(26)30)19-42(28)33(46)31(35(4,5)6)40-34(47)49-23-10-8-9-11-23/h7,12-14,16,22-24,28,31H,1,8-11,15,17-19H2,2-6H3,(H,39,46)(H,40,44);7,12-14,16,18,22-24,28,31H,1,8-11,15,17,19H2,2-6H3,(H,40,47)(H,41,45)/t2*22-,24-,28+,31-,36+/m11/s1. The number of ether oxygens (including phenoxy) is 4. The molecule has 4 aromatic rings. The van der Waals surface area contributed by atoms with Gasteiger partial charge in [0.15, 0.2) is 17.3 Å². The van der Waals surface area contributed by atoms with Crippen LogP contribution < -0.4 is 30.7 Å². The average Bonchev–Trinajstić information content (AvgIpc) is 1.60. The summed E-state index contributed by atoms with van der Waals surface area (Å²) in [6.45, 7) is 25.2. The van der Waals surface area contributed by atoms with Crippen LogP contribution in [0.5, 0.6) is 11.5 Å². The quantitative estimate of drug-likeness (QED) is 0.0142. The minimum atomic E-state index is -1.10. The van der Waals surface area contributed by atoms with Crippen molar-refractivity contribution in [1.29, 1.82) is 0 Å². The van der Waals surface area contributed by atoms with Gasteiger partial charge in [-0.3, -0.25) is 38.4 Å². The predicted molar refractivity (Wildman–Crippen MR) is 364 cm³/mol. The van der Waals surface area contributed by atoms with E-state index in [1.807, 2.05) is 79.7 Å². The van der Waals surface area contributed by atoms with Crippen molar-refractivity contribution in [1.82, 2.24) is 41.0 Å². The van der Waals surface area contributed by atoms with E-state index in [1.54, 1.807) is 30.4 Å². The molecule has 2 saturated heterocycles. The first kappa shape index (κ1) is 72.6. The van der Waals surface area contributed by atoms with Gasteiger partial charge in [0.25, 0.3) is 5.78 Å².